The number of carboxylic acids is 1. The minimum atomic E-state index is -1.01. The summed E-state index contributed by atoms with van der Waals surface area (Å²) in [5.74, 6) is 0.337. The maximum Gasteiger partial charge on any atom is 0.321 e. The molecular weight excluding hydrogens is 323 g/mol. The Labute approximate surface area is 119 Å². The number of hydrogen-bond acceptors (Lipinski definition) is 3. The number of hydrogen-bond donors (Lipinski definition) is 1. The van der Waals surface area contributed by atoms with Gasteiger partial charge in [0.2, 0.25) is 0 Å². The third kappa shape index (κ3) is 3.78. The summed E-state index contributed by atoms with van der Waals surface area (Å²) >= 11 is 9.05. The molecule has 0 aliphatic carbocycles. The van der Waals surface area contributed by atoms with Crippen LogP contribution in [0.1, 0.15) is 12.0 Å². The van der Waals surface area contributed by atoms with Crippen molar-refractivity contribution in [3.63, 3.8) is 0 Å². The van der Waals surface area contributed by atoms with Gasteiger partial charge in [-0.3, -0.25) is 4.79 Å². The first kappa shape index (κ1) is 15.1. The van der Waals surface area contributed by atoms with E-state index in [1.165, 1.54) is 0 Å². The smallest absolute Gasteiger partial charge is 0.321 e. The molecule has 1 aromatic carbocycles. The first-order valence-electron chi connectivity index (χ1n) is 5.26. The van der Waals surface area contributed by atoms with E-state index < -0.39 is 11.3 Å². The Morgan fingerprint density at radius 2 is 2.00 bits per heavy atom. The molecule has 0 saturated carbocycles. The van der Waals surface area contributed by atoms with E-state index in [-0.39, 0.29) is 0 Å². The molecule has 4 nitrogen and oxygen atoms in total. The number of carboxylic acid groups (broad SMARTS) is 1. The van der Waals surface area contributed by atoms with Gasteiger partial charge in [0, 0.05) is 0 Å². The lowest BCUT2D eigenvalue weighted by molar-refractivity contribution is -0.136. The molecule has 1 rings (SSSR count). The van der Waals surface area contributed by atoms with Gasteiger partial charge < -0.3 is 14.6 Å². The lowest BCUT2D eigenvalue weighted by Crippen LogP contribution is -2.14. The summed E-state index contributed by atoms with van der Waals surface area (Å²) in [6.07, 6.45) is 0.839. The molecule has 0 fully saturated rings. The Hall–Kier alpha value is -0.940. The van der Waals surface area contributed by atoms with Gasteiger partial charge >= 0.3 is 5.97 Å². The molecular formula is C12H14BrClO4. The molecule has 0 bridgehead atoms. The zero-order valence-electron chi connectivity index (χ0n) is 10.1. The molecule has 0 amide bonds. The number of carbonyl (C=O) groups is 1. The second-order valence-electron chi connectivity index (χ2n) is 3.64. The van der Waals surface area contributed by atoms with Crippen molar-refractivity contribution in [2.75, 3.05) is 14.2 Å². The summed E-state index contributed by atoms with van der Waals surface area (Å²) in [4.78, 5) is 10.7. The van der Waals surface area contributed by atoms with E-state index >= 15 is 0 Å². The first-order chi connectivity index (χ1) is 8.49. The van der Waals surface area contributed by atoms with E-state index in [2.05, 4.69) is 15.9 Å². The van der Waals surface area contributed by atoms with E-state index in [1.54, 1.807) is 20.3 Å². The number of ether oxygens (including phenoxy) is 2. The van der Waals surface area contributed by atoms with Gasteiger partial charge in [0.1, 0.15) is 16.9 Å². The Balaban J connectivity index is 2.89. The highest BCUT2D eigenvalue weighted by Crippen LogP contribution is 2.33. The average Bonchev–Trinajstić information content (AvgIpc) is 2.36. The van der Waals surface area contributed by atoms with E-state index in [4.69, 9.17) is 26.2 Å². The monoisotopic (exact) mass is 336 g/mol. The molecule has 0 radical (unpaired) electrons. The molecule has 0 saturated heterocycles. The van der Waals surface area contributed by atoms with Crippen molar-refractivity contribution < 1.29 is 19.4 Å². The number of benzene rings is 1. The third-order valence-corrected chi connectivity index (χ3v) is 3.51. The van der Waals surface area contributed by atoms with E-state index in [1.807, 2.05) is 6.07 Å². The van der Waals surface area contributed by atoms with Crippen LogP contribution in [0.2, 0.25) is 0 Å². The summed E-state index contributed by atoms with van der Waals surface area (Å²) in [6.45, 7) is 0. The topological polar surface area (TPSA) is 55.8 Å². The lowest BCUT2D eigenvalue weighted by atomic mass is 10.1. The van der Waals surface area contributed by atoms with Crippen molar-refractivity contribution in [2.24, 2.45) is 0 Å². The fraction of sp³-hybridized carbons (Fsp3) is 0.417. The molecule has 6 heteroatoms. The molecule has 1 unspecified atom stereocenters. The van der Waals surface area contributed by atoms with Gasteiger partial charge in [-0.15, -0.1) is 11.6 Å². The highest BCUT2D eigenvalue weighted by Gasteiger charge is 2.16. The van der Waals surface area contributed by atoms with Crippen LogP contribution >= 0.6 is 27.5 Å². The predicted octanol–water partition coefficient (Wildman–Crippen LogP) is 3.09. The second kappa shape index (κ2) is 6.85. The zero-order valence-corrected chi connectivity index (χ0v) is 12.4. The summed E-state index contributed by atoms with van der Waals surface area (Å²) in [5.41, 5.74) is 0.865. The van der Waals surface area contributed by atoms with Gasteiger partial charge in [0.05, 0.1) is 18.7 Å². The molecule has 100 valence electrons. The highest BCUT2D eigenvalue weighted by molar-refractivity contribution is 9.10. The summed E-state index contributed by atoms with van der Waals surface area (Å²) in [7, 11) is 3.13. The van der Waals surface area contributed by atoms with Gasteiger partial charge in [0.15, 0.2) is 0 Å². The Kier molecular flexibility index (Phi) is 5.75. The molecule has 0 heterocycles. The van der Waals surface area contributed by atoms with Crippen molar-refractivity contribution in [1.29, 1.82) is 0 Å². The second-order valence-corrected chi connectivity index (χ2v) is 5.02. The molecule has 1 aromatic rings. The molecule has 18 heavy (non-hydrogen) atoms. The van der Waals surface area contributed by atoms with Crippen LogP contribution in [-0.4, -0.2) is 30.7 Å². The van der Waals surface area contributed by atoms with Crippen molar-refractivity contribution in [1.82, 2.24) is 0 Å². The van der Waals surface area contributed by atoms with Gasteiger partial charge in [-0.2, -0.15) is 0 Å². The molecule has 0 spiro atoms. The van der Waals surface area contributed by atoms with E-state index in [0.29, 0.717) is 24.3 Å². The van der Waals surface area contributed by atoms with Gasteiger partial charge in [-0.05, 0) is 46.5 Å². The van der Waals surface area contributed by atoms with Crippen LogP contribution in [0.5, 0.6) is 11.5 Å². The van der Waals surface area contributed by atoms with Crippen LogP contribution in [0, 0.1) is 0 Å². The maximum atomic E-state index is 10.7. The zero-order chi connectivity index (χ0) is 13.7. The van der Waals surface area contributed by atoms with E-state index in [0.717, 1.165) is 10.0 Å². The number of aryl methyl sites for hydroxylation is 1. The third-order valence-electron chi connectivity index (χ3n) is 2.49. The first-order valence-corrected chi connectivity index (χ1v) is 6.49. The van der Waals surface area contributed by atoms with Crippen LogP contribution in [0.4, 0.5) is 0 Å². The molecule has 0 aliphatic heterocycles. The molecule has 0 aliphatic rings. The van der Waals surface area contributed by atoms with Crippen LogP contribution in [0.15, 0.2) is 16.6 Å². The normalized spacial score (nSPS) is 12.0. The van der Waals surface area contributed by atoms with Gasteiger partial charge in [-0.1, -0.05) is 0 Å². The lowest BCUT2D eigenvalue weighted by Gasteiger charge is -2.12. The van der Waals surface area contributed by atoms with Crippen molar-refractivity contribution >= 4 is 33.5 Å². The summed E-state index contributed by atoms with van der Waals surface area (Å²) in [5, 5.41) is 7.84. The Bertz CT molecular complexity index is 436. The van der Waals surface area contributed by atoms with Crippen LogP contribution in [-0.2, 0) is 11.2 Å². The van der Waals surface area contributed by atoms with Crippen LogP contribution in [0.25, 0.3) is 0 Å². The molecule has 0 aromatic heterocycles. The Morgan fingerprint density at radius 1 is 1.39 bits per heavy atom. The molecule has 1 N–H and O–H groups in total. The number of aliphatic carboxylic acids is 1. The summed E-state index contributed by atoms with van der Waals surface area (Å²) in [6, 6.07) is 3.60. The van der Waals surface area contributed by atoms with E-state index in [9.17, 15) is 4.79 Å². The van der Waals surface area contributed by atoms with Gasteiger partial charge in [-0.25, -0.2) is 0 Å². The fourth-order valence-corrected chi connectivity index (χ4v) is 2.12. The quantitative estimate of drug-likeness (QED) is 0.811. The minimum Gasteiger partial charge on any atom is -0.496 e. The number of rotatable bonds is 6. The van der Waals surface area contributed by atoms with Gasteiger partial charge in [0.25, 0.3) is 0 Å². The van der Waals surface area contributed by atoms with Crippen molar-refractivity contribution in [3.8, 4) is 11.5 Å². The van der Waals surface area contributed by atoms with Crippen LogP contribution < -0.4 is 9.47 Å². The number of alkyl halides is 1. The Morgan fingerprint density at radius 3 is 2.50 bits per heavy atom. The maximum absolute atomic E-state index is 10.7. The fourth-order valence-electron chi connectivity index (χ4n) is 1.52. The summed E-state index contributed by atoms with van der Waals surface area (Å²) < 4.78 is 11.2. The van der Waals surface area contributed by atoms with Crippen molar-refractivity contribution in [3.05, 3.63) is 22.2 Å². The minimum absolute atomic E-state index is 0.331. The number of halogens is 2. The largest absolute Gasteiger partial charge is 0.496 e. The van der Waals surface area contributed by atoms with Crippen molar-refractivity contribution in [2.45, 2.75) is 18.2 Å². The number of methoxy groups -OCH3 is 2. The highest BCUT2D eigenvalue weighted by atomic mass is 79.9. The predicted molar refractivity (Wildman–Crippen MR) is 72.8 cm³/mol. The SMILES string of the molecule is COc1cc(CCC(Cl)C(=O)O)c(OC)cc1Br. The average molecular weight is 338 g/mol. The standard InChI is InChI=1S/C12H14BrClO4/c1-17-10-6-8(13)11(18-2)5-7(10)3-4-9(14)12(15)16/h5-6,9H,3-4H2,1-2H3,(H,15,16). The van der Waals surface area contributed by atoms with Crippen LogP contribution in [0.3, 0.4) is 0 Å². The molecule has 1 atom stereocenters.